The molecule has 1 atom stereocenters. The molecule has 2 rings (SSSR count). The van der Waals surface area contributed by atoms with Crippen LogP contribution in [0.3, 0.4) is 0 Å². The first-order valence-corrected chi connectivity index (χ1v) is 7.85. The quantitative estimate of drug-likeness (QED) is 0.792. The van der Waals surface area contributed by atoms with Crippen LogP contribution in [0.5, 0.6) is 11.5 Å². The van der Waals surface area contributed by atoms with Gasteiger partial charge in [0.1, 0.15) is 17.1 Å². The van der Waals surface area contributed by atoms with Crippen molar-refractivity contribution in [3.63, 3.8) is 0 Å². The Kier molecular flexibility index (Phi) is 4.92. The summed E-state index contributed by atoms with van der Waals surface area (Å²) in [5.41, 5.74) is 7.31. The highest BCUT2D eigenvalue weighted by Crippen LogP contribution is 2.43. The normalized spacial score (nSPS) is 20.1. The molecule has 1 aliphatic rings. The van der Waals surface area contributed by atoms with Crippen molar-refractivity contribution in [3.05, 3.63) is 23.8 Å². The van der Waals surface area contributed by atoms with Gasteiger partial charge in [0, 0.05) is 24.1 Å². The van der Waals surface area contributed by atoms with Crippen LogP contribution in [0.4, 0.5) is 0 Å². The summed E-state index contributed by atoms with van der Waals surface area (Å²) in [6, 6.07) is 6.12. The summed E-state index contributed by atoms with van der Waals surface area (Å²) in [5, 5.41) is 0. The van der Waals surface area contributed by atoms with Gasteiger partial charge >= 0.3 is 0 Å². The first kappa shape index (κ1) is 15.2. The molecule has 0 aromatic heterocycles. The zero-order valence-electron chi connectivity index (χ0n) is 12.9. The van der Waals surface area contributed by atoms with E-state index in [0.29, 0.717) is 0 Å². The lowest BCUT2D eigenvalue weighted by molar-refractivity contribution is 0.0279. The number of nitrogens with two attached hydrogens (primary N) is 1. The van der Waals surface area contributed by atoms with Crippen LogP contribution in [0.25, 0.3) is 0 Å². The summed E-state index contributed by atoms with van der Waals surface area (Å²) < 4.78 is 12.0. The lowest BCUT2D eigenvalue weighted by atomic mass is 9.84. The Hall–Kier alpha value is -1.22. The maximum Gasteiger partial charge on any atom is 0.128 e. The zero-order chi connectivity index (χ0) is 14.6. The average Bonchev–Trinajstić information content (AvgIpc) is 2.47. The van der Waals surface area contributed by atoms with Gasteiger partial charge in [-0.25, -0.2) is 0 Å². The third-order valence-electron chi connectivity index (χ3n) is 4.36. The van der Waals surface area contributed by atoms with Gasteiger partial charge in [0.2, 0.25) is 0 Å². The molecule has 0 aliphatic carbocycles. The first-order valence-electron chi connectivity index (χ1n) is 7.85. The maximum absolute atomic E-state index is 6.32. The fraction of sp³-hybridized carbons (Fsp3) is 0.647. The van der Waals surface area contributed by atoms with E-state index in [1.807, 2.05) is 12.1 Å². The Labute approximate surface area is 122 Å². The molecule has 1 aromatic carbocycles. The second kappa shape index (κ2) is 6.49. The molecule has 2 N–H and O–H groups in total. The van der Waals surface area contributed by atoms with Crippen molar-refractivity contribution >= 4 is 0 Å². The largest absolute Gasteiger partial charge is 0.493 e. The van der Waals surface area contributed by atoms with E-state index in [-0.39, 0.29) is 11.6 Å². The molecule has 0 saturated carbocycles. The van der Waals surface area contributed by atoms with Crippen LogP contribution in [-0.4, -0.2) is 12.2 Å². The Balaban J connectivity index is 2.19. The summed E-state index contributed by atoms with van der Waals surface area (Å²) in [7, 11) is 0. The third kappa shape index (κ3) is 3.09. The van der Waals surface area contributed by atoms with Crippen molar-refractivity contribution in [1.29, 1.82) is 0 Å². The summed E-state index contributed by atoms with van der Waals surface area (Å²) >= 11 is 0. The van der Waals surface area contributed by atoms with Crippen LogP contribution in [-0.2, 0) is 0 Å². The van der Waals surface area contributed by atoms with E-state index < -0.39 is 0 Å². The number of rotatable bonds is 6. The number of fused-ring (bicyclic) bond motifs is 1. The number of benzene rings is 1. The fourth-order valence-electron chi connectivity index (χ4n) is 2.80. The Morgan fingerprint density at radius 1 is 1.30 bits per heavy atom. The highest BCUT2D eigenvalue weighted by Gasteiger charge is 2.37. The van der Waals surface area contributed by atoms with Crippen LogP contribution in [0.15, 0.2) is 18.2 Å². The van der Waals surface area contributed by atoms with Crippen LogP contribution < -0.4 is 15.2 Å². The smallest absolute Gasteiger partial charge is 0.128 e. The predicted molar refractivity (Wildman–Crippen MR) is 82.3 cm³/mol. The van der Waals surface area contributed by atoms with Gasteiger partial charge < -0.3 is 15.2 Å². The molecule has 20 heavy (non-hydrogen) atoms. The lowest BCUT2D eigenvalue weighted by Crippen LogP contribution is -2.41. The number of hydrogen-bond acceptors (Lipinski definition) is 3. The Bertz CT molecular complexity index is 441. The number of ether oxygens (including phenoxy) is 2. The maximum atomic E-state index is 6.32. The highest BCUT2D eigenvalue weighted by molar-refractivity contribution is 5.44. The van der Waals surface area contributed by atoms with Gasteiger partial charge in [0.25, 0.3) is 0 Å². The predicted octanol–water partition coefficient (Wildman–Crippen LogP) is 4.21. The van der Waals surface area contributed by atoms with Gasteiger partial charge in [-0.3, -0.25) is 0 Å². The highest BCUT2D eigenvalue weighted by atomic mass is 16.5. The molecular weight excluding hydrogens is 250 g/mol. The van der Waals surface area contributed by atoms with E-state index in [1.54, 1.807) is 0 Å². The number of hydrogen-bond donors (Lipinski definition) is 1. The van der Waals surface area contributed by atoms with Crippen molar-refractivity contribution in [1.82, 2.24) is 0 Å². The average molecular weight is 277 g/mol. The van der Waals surface area contributed by atoms with Crippen LogP contribution in [0.1, 0.15) is 64.5 Å². The van der Waals surface area contributed by atoms with Crippen molar-refractivity contribution in [2.24, 2.45) is 5.73 Å². The van der Waals surface area contributed by atoms with Crippen molar-refractivity contribution in [2.45, 2.75) is 64.5 Å². The lowest BCUT2D eigenvalue weighted by Gasteiger charge is -2.40. The van der Waals surface area contributed by atoms with E-state index in [4.69, 9.17) is 15.2 Å². The monoisotopic (exact) mass is 277 g/mol. The SMILES string of the molecule is CCCCOc1ccc2c(c1)OC(CC)(CC)CC2N. The molecule has 1 aromatic rings. The minimum Gasteiger partial charge on any atom is -0.493 e. The van der Waals surface area contributed by atoms with E-state index in [9.17, 15) is 0 Å². The van der Waals surface area contributed by atoms with Crippen molar-refractivity contribution in [2.75, 3.05) is 6.61 Å². The molecule has 0 bridgehead atoms. The van der Waals surface area contributed by atoms with E-state index in [1.165, 1.54) is 0 Å². The topological polar surface area (TPSA) is 44.5 Å². The van der Waals surface area contributed by atoms with Crippen LogP contribution in [0, 0.1) is 0 Å². The summed E-state index contributed by atoms with van der Waals surface area (Å²) in [6.07, 6.45) is 5.07. The standard InChI is InChI=1S/C17H27NO2/c1-4-7-10-19-13-8-9-14-15(18)12-17(5-2,6-3)20-16(14)11-13/h8-9,11,15H,4-7,10,12,18H2,1-3H3. The molecule has 3 heteroatoms. The van der Waals surface area contributed by atoms with Crippen molar-refractivity contribution in [3.8, 4) is 11.5 Å². The zero-order valence-corrected chi connectivity index (χ0v) is 12.9. The Morgan fingerprint density at radius 3 is 2.70 bits per heavy atom. The second-order valence-electron chi connectivity index (χ2n) is 5.70. The molecular formula is C17H27NO2. The van der Waals surface area contributed by atoms with Gasteiger partial charge in [-0.2, -0.15) is 0 Å². The third-order valence-corrected chi connectivity index (χ3v) is 4.36. The van der Waals surface area contributed by atoms with Gasteiger partial charge in [-0.1, -0.05) is 33.3 Å². The second-order valence-corrected chi connectivity index (χ2v) is 5.70. The van der Waals surface area contributed by atoms with Crippen molar-refractivity contribution < 1.29 is 9.47 Å². The van der Waals surface area contributed by atoms with Gasteiger partial charge in [-0.15, -0.1) is 0 Å². The first-order chi connectivity index (χ1) is 9.64. The minimum absolute atomic E-state index is 0.0586. The summed E-state index contributed by atoms with van der Waals surface area (Å²) in [6.45, 7) is 7.26. The molecule has 0 radical (unpaired) electrons. The Morgan fingerprint density at radius 2 is 2.05 bits per heavy atom. The van der Waals surface area contributed by atoms with Gasteiger partial charge in [0.05, 0.1) is 6.61 Å². The van der Waals surface area contributed by atoms with E-state index in [0.717, 1.165) is 55.8 Å². The molecule has 0 fully saturated rings. The molecule has 0 saturated heterocycles. The summed E-state index contributed by atoms with van der Waals surface area (Å²) in [4.78, 5) is 0. The van der Waals surface area contributed by atoms with E-state index >= 15 is 0 Å². The van der Waals surface area contributed by atoms with E-state index in [2.05, 4.69) is 26.8 Å². The molecule has 112 valence electrons. The van der Waals surface area contributed by atoms with Gasteiger partial charge in [-0.05, 0) is 25.3 Å². The fourth-order valence-corrected chi connectivity index (χ4v) is 2.80. The molecule has 1 aliphatic heterocycles. The number of unbranched alkanes of at least 4 members (excludes halogenated alkanes) is 1. The minimum atomic E-state index is -0.117. The van der Waals surface area contributed by atoms with Gasteiger partial charge in [0.15, 0.2) is 0 Å². The molecule has 1 unspecified atom stereocenters. The molecule has 1 heterocycles. The molecule has 0 amide bonds. The molecule has 0 spiro atoms. The van der Waals surface area contributed by atoms with Crippen LogP contribution in [0.2, 0.25) is 0 Å². The summed E-state index contributed by atoms with van der Waals surface area (Å²) in [5.74, 6) is 1.79. The molecule has 3 nitrogen and oxygen atoms in total. The van der Waals surface area contributed by atoms with Crippen LogP contribution >= 0.6 is 0 Å².